The summed E-state index contributed by atoms with van der Waals surface area (Å²) in [6.45, 7) is 20.7. The van der Waals surface area contributed by atoms with Gasteiger partial charge in [-0.05, 0) is 117 Å². The summed E-state index contributed by atoms with van der Waals surface area (Å²) >= 11 is 0. The molecule has 2 atom stereocenters. The van der Waals surface area contributed by atoms with Crippen LogP contribution in [-0.2, 0) is 9.47 Å². The van der Waals surface area contributed by atoms with Crippen molar-refractivity contribution in [3.05, 3.63) is 59.7 Å². The van der Waals surface area contributed by atoms with E-state index >= 15 is 0 Å². The summed E-state index contributed by atoms with van der Waals surface area (Å²) in [6.07, 6.45) is 4.16. The highest BCUT2D eigenvalue weighted by Crippen LogP contribution is 2.42. The van der Waals surface area contributed by atoms with Crippen LogP contribution in [0.3, 0.4) is 0 Å². The molecule has 2 aromatic carbocycles. The minimum Gasteiger partial charge on any atom is -0.459 e. The van der Waals surface area contributed by atoms with E-state index in [2.05, 4.69) is 72.5 Å². The maximum atomic E-state index is 13.1. The molecule has 0 saturated carbocycles. The summed E-state index contributed by atoms with van der Waals surface area (Å²) in [4.78, 5) is 28.5. The molecule has 2 aliphatic rings. The van der Waals surface area contributed by atoms with Crippen LogP contribution < -0.4 is 5.32 Å². The molecule has 0 amide bonds. The van der Waals surface area contributed by atoms with Crippen LogP contribution in [0.5, 0.6) is 0 Å². The van der Waals surface area contributed by atoms with Crippen LogP contribution >= 0.6 is 0 Å². The number of hydrogen-bond acceptors (Lipinski definition) is 6. The Bertz CT molecular complexity index is 1230. The third kappa shape index (κ3) is 7.21. The van der Waals surface area contributed by atoms with Gasteiger partial charge in [0.05, 0.1) is 16.7 Å². The molecule has 2 unspecified atom stereocenters. The molecule has 4 rings (SSSR count). The van der Waals surface area contributed by atoms with E-state index in [1.165, 1.54) is 0 Å². The van der Waals surface area contributed by atoms with Crippen LogP contribution in [0.15, 0.2) is 48.5 Å². The lowest BCUT2D eigenvalue weighted by molar-refractivity contribution is -0.00533. The molecule has 224 valence electrons. The van der Waals surface area contributed by atoms with E-state index in [1.807, 2.05) is 48.5 Å². The smallest absolute Gasteiger partial charge is 0.338 e. The lowest BCUT2D eigenvalue weighted by atomic mass is 9.96. The van der Waals surface area contributed by atoms with Crippen molar-refractivity contribution in [3.8, 4) is 11.1 Å². The Balaban J connectivity index is 1.38. The van der Waals surface area contributed by atoms with E-state index in [0.29, 0.717) is 11.1 Å². The molecule has 6 heteroatoms. The van der Waals surface area contributed by atoms with Crippen molar-refractivity contribution < 1.29 is 19.1 Å². The quantitative estimate of drug-likeness (QED) is 0.355. The molecule has 2 heterocycles. The maximum absolute atomic E-state index is 13.1. The lowest BCUT2D eigenvalue weighted by Crippen LogP contribution is -2.51. The molecule has 2 aromatic rings. The van der Waals surface area contributed by atoms with Gasteiger partial charge in [0.2, 0.25) is 0 Å². The van der Waals surface area contributed by atoms with Crippen molar-refractivity contribution in [1.82, 2.24) is 10.2 Å². The Morgan fingerprint density at radius 1 is 0.780 bits per heavy atom. The van der Waals surface area contributed by atoms with Crippen molar-refractivity contribution >= 4 is 11.9 Å². The van der Waals surface area contributed by atoms with E-state index < -0.39 is 0 Å². The van der Waals surface area contributed by atoms with Gasteiger partial charge >= 0.3 is 11.9 Å². The van der Waals surface area contributed by atoms with Gasteiger partial charge in [-0.25, -0.2) is 9.59 Å². The number of hydrogen-bond donors (Lipinski definition) is 1. The van der Waals surface area contributed by atoms with Gasteiger partial charge in [-0.1, -0.05) is 31.2 Å². The summed E-state index contributed by atoms with van der Waals surface area (Å²) in [5, 5.41) is 3.68. The highest BCUT2D eigenvalue weighted by molar-refractivity contribution is 5.91. The molecule has 0 radical (unpaired) electrons. The first-order valence-corrected chi connectivity index (χ1v) is 15.2. The fourth-order valence-electron chi connectivity index (χ4n) is 7.11. The second-order valence-corrected chi connectivity index (χ2v) is 14.5. The molecule has 0 spiro atoms. The van der Waals surface area contributed by atoms with Gasteiger partial charge in [0.25, 0.3) is 0 Å². The van der Waals surface area contributed by atoms with E-state index in [0.717, 1.165) is 49.8 Å². The zero-order valence-corrected chi connectivity index (χ0v) is 26.6. The predicted molar refractivity (Wildman–Crippen MR) is 165 cm³/mol. The minimum absolute atomic E-state index is 0.0123. The third-order valence-corrected chi connectivity index (χ3v) is 8.95. The summed E-state index contributed by atoms with van der Waals surface area (Å²) in [7, 11) is 0. The fraction of sp³-hybridized carbons (Fsp3) is 0.600. The summed E-state index contributed by atoms with van der Waals surface area (Å²) in [5.41, 5.74) is 2.69. The number of ether oxygens (including phenoxy) is 2. The van der Waals surface area contributed by atoms with Crippen LogP contribution in [0.2, 0.25) is 0 Å². The minimum atomic E-state index is -0.290. The first kappa shape index (κ1) is 31.2. The zero-order valence-electron chi connectivity index (χ0n) is 26.6. The molecule has 0 aromatic heterocycles. The molecule has 6 nitrogen and oxygen atoms in total. The Morgan fingerprint density at radius 2 is 1.29 bits per heavy atom. The monoisotopic (exact) mass is 562 g/mol. The first-order valence-electron chi connectivity index (χ1n) is 15.2. The van der Waals surface area contributed by atoms with Crippen LogP contribution in [0.1, 0.15) is 115 Å². The van der Waals surface area contributed by atoms with Gasteiger partial charge in [-0.15, -0.1) is 0 Å². The highest BCUT2D eigenvalue weighted by atomic mass is 16.5. The number of carbonyl (C=O) groups excluding carboxylic acids is 2. The molecule has 2 fully saturated rings. The van der Waals surface area contributed by atoms with E-state index in [4.69, 9.17) is 9.47 Å². The Morgan fingerprint density at radius 3 is 1.80 bits per heavy atom. The number of likely N-dealkylation sites (tertiary alicyclic amines) is 1. The normalized spacial score (nSPS) is 24.8. The zero-order chi connectivity index (χ0) is 30.2. The molecule has 0 aliphatic carbocycles. The molecular formula is C35H50N2O4. The van der Waals surface area contributed by atoms with E-state index in [9.17, 15) is 9.59 Å². The molecular weight excluding hydrogens is 512 g/mol. The Hall–Kier alpha value is -2.70. The molecule has 41 heavy (non-hydrogen) atoms. The van der Waals surface area contributed by atoms with Crippen molar-refractivity contribution in [2.45, 2.75) is 129 Å². The Kier molecular flexibility index (Phi) is 8.78. The lowest BCUT2D eigenvalue weighted by Gasteiger charge is -2.40. The second kappa shape index (κ2) is 11.5. The van der Waals surface area contributed by atoms with Crippen LogP contribution in [0, 0.1) is 0 Å². The predicted octanol–water partition coefficient (Wildman–Crippen LogP) is 7.41. The van der Waals surface area contributed by atoms with E-state index in [1.54, 1.807) is 0 Å². The molecule has 1 N–H and O–H groups in total. The topological polar surface area (TPSA) is 67.9 Å². The number of benzene rings is 2. The average molecular weight is 563 g/mol. The fourth-order valence-corrected chi connectivity index (χ4v) is 7.11. The van der Waals surface area contributed by atoms with Crippen LogP contribution in [-0.4, -0.2) is 57.7 Å². The summed E-state index contributed by atoms with van der Waals surface area (Å²) in [6, 6.07) is 15.0. The first-order chi connectivity index (χ1) is 19.0. The molecule has 2 saturated heterocycles. The van der Waals surface area contributed by atoms with Crippen molar-refractivity contribution in [2.24, 2.45) is 0 Å². The largest absolute Gasteiger partial charge is 0.459 e. The number of carbonyl (C=O) groups is 2. The SMILES string of the molecule is CCCN1C(C)(C)CC(OC(=O)c2ccc(-c3ccc(C(=O)OC4CCC(C)(C)NC(C)(C)C4)cc3)cc2)C1(C)C. The van der Waals surface area contributed by atoms with Gasteiger partial charge in [-0.3, -0.25) is 4.90 Å². The van der Waals surface area contributed by atoms with E-state index in [-0.39, 0.29) is 46.3 Å². The maximum Gasteiger partial charge on any atom is 0.338 e. The van der Waals surface area contributed by atoms with Crippen LogP contribution in [0.25, 0.3) is 11.1 Å². The van der Waals surface area contributed by atoms with Gasteiger partial charge in [0.1, 0.15) is 12.2 Å². The average Bonchev–Trinajstić information content (AvgIpc) is 2.97. The number of rotatable bonds is 7. The highest BCUT2D eigenvalue weighted by Gasteiger charge is 2.52. The standard InChI is InChI=1S/C35H50N2O4/c1-10-21-37-34(6,7)23-29(35(37,8)9)41-31(39)27-17-13-25(14-18-27)24-11-15-26(16-12-24)30(38)40-28-19-20-32(2,3)36-33(4,5)22-28/h11-18,28-29,36H,10,19-23H2,1-9H3. The van der Waals surface area contributed by atoms with Gasteiger partial charge in [-0.2, -0.15) is 0 Å². The third-order valence-electron chi connectivity index (χ3n) is 8.95. The second-order valence-electron chi connectivity index (χ2n) is 14.5. The van der Waals surface area contributed by atoms with Crippen molar-refractivity contribution in [1.29, 1.82) is 0 Å². The van der Waals surface area contributed by atoms with Crippen molar-refractivity contribution in [2.75, 3.05) is 6.54 Å². The van der Waals surface area contributed by atoms with Crippen LogP contribution in [0.4, 0.5) is 0 Å². The summed E-state index contributed by atoms with van der Waals surface area (Å²) in [5.74, 6) is -0.576. The number of nitrogens with zero attached hydrogens (tertiary/aromatic N) is 1. The number of nitrogens with one attached hydrogen (secondary N) is 1. The molecule has 2 aliphatic heterocycles. The molecule has 0 bridgehead atoms. The van der Waals surface area contributed by atoms with Gasteiger partial charge in [0, 0.05) is 29.5 Å². The van der Waals surface area contributed by atoms with Gasteiger partial charge < -0.3 is 14.8 Å². The number of esters is 2. The summed E-state index contributed by atoms with van der Waals surface area (Å²) < 4.78 is 12.0. The van der Waals surface area contributed by atoms with Crippen molar-refractivity contribution in [3.63, 3.8) is 0 Å². The van der Waals surface area contributed by atoms with Gasteiger partial charge in [0.15, 0.2) is 0 Å². The Labute approximate surface area is 247 Å².